The van der Waals surface area contributed by atoms with Crippen LogP contribution in [0, 0.1) is 0 Å². The highest BCUT2D eigenvalue weighted by molar-refractivity contribution is 9.10. The van der Waals surface area contributed by atoms with Crippen LogP contribution in [0.5, 0.6) is 0 Å². The number of nitrogens with zero attached hydrogens (tertiary/aromatic N) is 5. The molecule has 2 heterocycles. The van der Waals surface area contributed by atoms with Crippen LogP contribution in [0.4, 0.5) is 23.5 Å². The third-order valence-corrected chi connectivity index (χ3v) is 6.66. The van der Waals surface area contributed by atoms with E-state index in [1.165, 1.54) is 0 Å². The van der Waals surface area contributed by atoms with Crippen molar-refractivity contribution in [2.24, 2.45) is 5.10 Å². The molecule has 0 spiro atoms. The monoisotopic (exact) mass is 553 g/mol. The minimum atomic E-state index is 0.356. The van der Waals surface area contributed by atoms with Crippen LogP contribution < -0.4 is 15.6 Å². The van der Waals surface area contributed by atoms with E-state index in [-0.39, 0.29) is 0 Å². The Morgan fingerprint density at radius 2 is 1.51 bits per heavy atom. The molecule has 0 bridgehead atoms. The summed E-state index contributed by atoms with van der Waals surface area (Å²) >= 11 is 3.51. The van der Waals surface area contributed by atoms with Gasteiger partial charge in [-0.05, 0) is 45.8 Å². The summed E-state index contributed by atoms with van der Waals surface area (Å²) in [5.41, 5.74) is 4.94. The first kappa shape index (κ1) is 23.3. The van der Waals surface area contributed by atoms with E-state index in [0.29, 0.717) is 44.1 Å². The van der Waals surface area contributed by atoms with Gasteiger partial charge in [0.15, 0.2) is 0 Å². The quantitative estimate of drug-likeness (QED) is 0.152. The SMILES string of the molecule is Brc1cccc(Nc2nc(NN=Cc3c4ccccc4cc4ccccc34)nc(N3CCOCC3)n2)c1. The van der Waals surface area contributed by atoms with Crippen molar-refractivity contribution in [3.05, 3.63) is 88.9 Å². The Bertz CT molecular complexity index is 1550. The van der Waals surface area contributed by atoms with E-state index in [4.69, 9.17) is 4.74 Å². The second-order valence-corrected chi connectivity index (χ2v) is 9.54. The molecule has 1 aromatic heterocycles. The third-order valence-electron chi connectivity index (χ3n) is 6.17. The van der Waals surface area contributed by atoms with Crippen molar-refractivity contribution in [1.29, 1.82) is 0 Å². The van der Waals surface area contributed by atoms with Crippen molar-refractivity contribution in [2.45, 2.75) is 0 Å². The Hall–Kier alpha value is -4.08. The first-order valence-corrected chi connectivity index (χ1v) is 12.8. The molecule has 0 radical (unpaired) electrons. The molecule has 1 saturated heterocycles. The lowest BCUT2D eigenvalue weighted by atomic mass is 9.97. The average molecular weight is 554 g/mol. The fourth-order valence-electron chi connectivity index (χ4n) is 4.41. The lowest BCUT2D eigenvalue weighted by molar-refractivity contribution is 0.122. The molecule has 1 aliphatic rings. The van der Waals surface area contributed by atoms with Crippen LogP contribution in [0.2, 0.25) is 0 Å². The molecule has 8 nitrogen and oxygen atoms in total. The standard InChI is InChI=1S/C28H24BrN7O/c29-21-8-5-9-22(17-21)31-26-32-27(34-28(33-26)36-12-14-37-15-13-36)35-30-18-25-23-10-3-1-6-19(23)16-20-7-2-4-11-24(20)25/h1-11,16-18H,12-15H2,(H2,31,32,33,34,35). The maximum absolute atomic E-state index is 5.50. The van der Waals surface area contributed by atoms with Gasteiger partial charge in [0.2, 0.25) is 17.8 Å². The predicted octanol–water partition coefficient (Wildman–Crippen LogP) is 5.97. The van der Waals surface area contributed by atoms with Crippen LogP contribution in [0.3, 0.4) is 0 Å². The van der Waals surface area contributed by atoms with Crippen molar-refractivity contribution in [2.75, 3.05) is 41.9 Å². The fraction of sp³-hybridized carbons (Fsp3) is 0.143. The lowest BCUT2D eigenvalue weighted by Gasteiger charge is -2.27. The molecule has 184 valence electrons. The summed E-state index contributed by atoms with van der Waals surface area (Å²) in [7, 11) is 0. The van der Waals surface area contributed by atoms with Crippen LogP contribution in [0.1, 0.15) is 5.56 Å². The smallest absolute Gasteiger partial charge is 0.250 e. The number of hydrogen-bond acceptors (Lipinski definition) is 8. The first-order chi connectivity index (χ1) is 18.2. The van der Waals surface area contributed by atoms with Crippen LogP contribution in [0.25, 0.3) is 21.5 Å². The van der Waals surface area contributed by atoms with Gasteiger partial charge in [-0.15, -0.1) is 0 Å². The Morgan fingerprint density at radius 3 is 2.24 bits per heavy atom. The average Bonchev–Trinajstić information content (AvgIpc) is 2.93. The molecule has 1 aliphatic heterocycles. The molecule has 6 rings (SSSR count). The minimum Gasteiger partial charge on any atom is -0.378 e. The predicted molar refractivity (Wildman–Crippen MR) is 153 cm³/mol. The van der Waals surface area contributed by atoms with E-state index >= 15 is 0 Å². The van der Waals surface area contributed by atoms with E-state index in [1.54, 1.807) is 0 Å². The number of hydrogen-bond donors (Lipinski definition) is 2. The molecule has 0 amide bonds. The topological polar surface area (TPSA) is 87.6 Å². The van der Waals surface area contributed by atoms with Gasteiger partial charge in [-0.2, -0.15) is 20.1 Å². The van der Waals surface area contributed by atoms with Crippen molar-refractivity contribution in [3.8, 4) is 0 Å². The summed E-state index contributed by atoms with van der Waals surface area (Å²) in [6, 6.07) is 26.7. The Balaban J connectivity index is 1.34. The zero-order valence-electron chi connectivity index (χ0n) is 19.9. The number of benzene rings is 4. The number of anilines is 4. The second-order valence-electron chi connectivity index (χ2n) is 8.62. The van der Waals surface area contributed by atoms with E-state index in [2.05, 4.69) is 82.0 Å². The Morgan fingerprint density at radius 1 is 0.811 bits per heavy atom. The van der Waals surface area contributed by atoms with Crippen molar-refractivity contribution >= 4 is 67.2 Å². The van der Waals surface area contributed by atoms with E-state index in [0.717, 1.165) is 37.3 Å². The number of rotatable bonds is 6. The second kappa shape index (κ2) is 10.5. The first-order valence-electron chi connectivity index (χ1n) is 12.0. The van der Waals surface area contributed by atoms with Crippen molar-refractivity contribution in [3.63, 3.8) is 0 Å². The molecule has 0 aliphatic carbocycles. The highest BCUT2D eigenvalue weighted by Crippen LogP contribution is 2.27. The summed E-state index contributed by atoms with van der Waals surface area (Å²) in [4.78, 5) is 16.0. The number of morpholine rings is 1. The van der Waals surface area contributed by atoms with Crippen molar-refractivity contribution < 1.29 is 4.74 Å². The van der Waals surface area contributed by atoms with Gasteiger partial charge < -0.3 is 15.0 Å². The molecule has 9 heteroatoms. The molecule has 5 aromatic rings. The highest BCUT2D eigenvalue weighted by Gasteiger charge is 2.17. The van der Waals surface area contributed by atoms with E-state index in [1.807, 2.05) is 54.7 Å². The minimum absolute atomic E-state index is 0.356. The molecule has 4 aromatic carbocycles. The highest BCUT2D eigenvalue weighted by atomic mass is 79.9. The molecular weight excluding hydrogens is 530 g/mol. The number of hydrazone groups is 1. The summed E-state index contributed by atoms with van der Waals surface area (Å²) in [5, 5.41) is 12.4. The largest absolute Gasteiger partial charge is 0.378 e. The zero-order chi connectivity index (χ0) is 25.0. The van der Waals surface area contributed by atoms with Gasteiger partial charge in [0.25, 0.3) is 0 Å². The van der Waals surface area contributed by atoms with Gasteiger partial charge in [0, 0.05) is 28.8 Å². The van der Waals surface area contributed by atoms with Gasteiger partial charge >= 0.3 is 0 Å². The third kappa shape index (κ3) is 5.23. The van der Waals surface area contributed by atoms with Gasteiger partial charge in [-0.3, -0.25) is 0 Å². The summed E-state index contributed by atoms with van der Waals surface area (Å²) in [6.07, 6.45) is 1.84. The maximum atomic E-state index is 5.50. The number of aromatic nitrogens is 3. The number of ether oxygens (including phenoxy) is 1. The molecule has 0 saturated carbocycles. The molecule has 0 unspecified atom stereocenters. The molecule has 0 atom stereocenters. The normalized spacial score (nSPS) is 13.9. The van der Waals surface area contributed by atoms with Crippen LogP contribution in [-0.2, 0) is 4.74 Å². The van der Waals surface area contributed by atoms with Gasteiger partial charge in [-0.1, -0.05) is 70.5 Å². The maximum Gasteiger partial charge on any atom is 0.250 e. The Labute approximate surface area is 222 Å². The van der Waals surface area contributed by atoms with Crippen LogP contribution in [0.15, 0.2) is 88.4 Å². The number of halogens is 1. The summed E-state index contributed by atoms with van der Waals surface area (Å²) in [5.74, 6) is 1.36. The van der Waals surface area contributed by atoms with Crippen molar-refractivity contribution in [1.82, 2.24) is 15.0 Å². The van der Waals surface area contributed by atoms with Gasteiger partial charge in [0.1, 0.15) is 0 Å². The lowest BCUT2D eigenvalue weighted by Crippen LogP contribution is -2.37. The number of nitrogens with one attached hydrogen (secondary N) is 2. The molecular formula is C28H24BrN7O. The summed E-state index contributed by atoms with van der Waals surface area (Å²) in [6.45, 7) is 2.69. The Kier molecular flexibility index (Phi) is 6.62. The van der Waals surface area contributed by atoms with Gasteiger partial charge in [-0.25, -0.2) is 5.43 Å². The molecule has 1 fully saturated rings. The fourth-order valence-corrected chi connectivity index (χ4v) is 4.81. The molecule has 2 N–H and O–H groups in total. The van der Waals surface area contributed by atoms with E-state index < -0.39 is 0 Å². The van der Waals surface area contributed by atoms with Crippen LogP contribution in [-0.4, -0.2) is 47.5 Å². The molecule has 37 heavy (non-hydrogen) atoms. The summed E-state index contributed by atoms with van der Waals surface area (Å²) < 4.78 is 6.47. The van der Waals surface area contributed by atoms with E-state index in [9.17, 15) is 0 Å². The number of fused-ring (bicyclic) bond motifs is 2. The van der Waals surface area contributed by atoms with Gasteiger partial charge in [0.05, 0.1) is 19.4 Å². The zero-order valence-corrected chi connectivity index (χ0v) is 21.5. The van der Waals surface area contributed by atoms with Crippen LogP contribution >= 0.6 is 15.9 Å².